The van der Waals surface area contributed by atoms with Crippen molar-refractivity contribution in [3.63, 3.8) is 0 Å². The zero-order valence-electron chi connectivity index (χ0n) is 15.0. The molecule has 8 heteroatoms. The van der Waals surface area contributed by atoms with Gasteiger partial charge in [0.25, 0.3) is 5.91 Å². The molecule has 0 saturated heterocycles. The second-order valence-electron chi connectivity index (χ2n) is 6.59. The summed E-state index contributed by atoms with van der Waals surface area (Å²) in [6.45, 7) is 1.80. The molecule has 1 aromatic heterocycles. The molecule has 8 nitrogen and oxygen atoms in total. The van der Waals surface area contributed by atoms with Crippen LogP contribution in [0.4, 0.5) is 5.69 Å². The maximum atomic E-state index is 12.7. The van der Waals surface area contributed by atoms with Crippen molar-refractivity contribution in [1.82, 2.24) is 15.0 Å². The van der Waals surface area contributed by atoms with Gasteiger partial charge in [-0.1, -0.05) is 35.5 Å². The van der Waals surface area contributed by atoms with Gasteiger partial charge < -0.3 is 19.5 Å². The van der Waals surface area contributed by atoms with Gasteiger partial charge in [-0.25, -0.2) is 4.68 Å². The number of hydrogen-bond acceptors (Lipinski definition) is 6. The Labute approximate surface area is 161 Å². The molecule has 0 unspecified atom stereocenters. The van der Waals surface area contributed by atoms with Gasteiger partial charge in [-0.05, 0) is 17.7 Å². The molecular formula is C20H18N4O4. The smallest absolute Gasteiger partial charge is 0.278 e. The zero-order valence-corrected chi connectivity index (χ0v) is 15.0. The summed E-state index contributed by atoms with van der Waals surface area (Å²) in [6.07, 6.45) is -0.107. The molecule has 3 aromatic rings. The average molecular weight is 378 g/mol. The third-order valence-electron chi connectivity index (χ3n) is 4.78. The molecule has 2 aromatic carbocycles. The lowest BCUT2D eigenvalue weighted by atomic mass is 10.1. The van der Waals surface area contributed by atoms with Gasteiger partial charge in [-0.15, -0.1) is 5.10 Å². The number of hydrogen-bond donors (Lipinski definition) is 1. The third-order valence-corrected chi connectivity index (χ3v) is 4.78. The highest BCUT2D eigenvalue weighted by atomic mass is 16.6. The molecule has 5 rings (SSSR count). The number of amides is 1. The third kappa shape index (κ3) is 3.07. The first-order valence-electron chi connectivity index (χ1n) is 9.08. The largest absolute Gasteiger partial charge is 0.486 e. The van der Waals surface area contributed by atoms with Crippen molar-refractivity contribution in [2.45, 2.75) is 19.3 Å². The number of aromatic nitrogens is 3. The minimum atomic E-state index is -0.334. The lowest BCUT2D eigenvalue weighted by Crippen LogP contribution is -2.24. The second-order valence-corrected chi connectivity index (χ2v) is 6.59. The maximum absolute atomic E-state index is 12.7. The summed E-state index contributed by atoms with van der Waals surface area (Å²) in [5.74, 6) is 0.952. The SMILES string of the molecule is O=C(Nc1ccc2c(c1)OCCO2)c1nnn2c1CO[C@H](c1ccccc1)C2. The van der Waals surface area contributed by atoms with E-state index in [0.717, 1.165) is 5.56 Å². The Morgan fingerprint density at radius 1 is 1.07 bits per heavy atom. The Bertz CT molecular complexity index is 1020. The van der Waals surface area contributed by atoms with Crippen LogP contribution in [0.15, 0.2) is 48.5 Å². The summed E-state index contributed by atoms with van der Waals surface area (Å²) < 4.78 is 18.7. The van der Waals surface area contributed by atoms with Crippen molar-refractivity contribution in [3.05, 3.63) is 65.5 Å². The molecule has 142 valence electrons. The van der Waals surface area contributed by atoms with Crippen LogP contribution in [0.25, 0.3) is 0 Å². The van der Waals surface area contributed by atoms with E-state index in [9.17, 15) is 4.79 Å². The van der Waals surface area contributed by atoms with Crippen LogP contribution in [0, 0.1) is 0 Å². The van der Waals surface area contributed by atoms with E-state index in [0.29, 0.717) is 42.6 Å². The summed E-state index contributed by atoms with van der Waals surface area (Å²) in [5, 5.41) is 11.1. The highest BCUT2D eigenvalue weighted by molar-refractivity contribution is 6.03. The van der Waals surface area contributed by atoms with Gasteiger partial charge in [0.2, 0.25) is 0 Å². The molecule has 0 saturated carbocycles. The van der Waals surface area contributed by atoms with Gasteiger partial charge in [0.1, 0.15) is 19.3 Å². The first-order chi connectivity index (χ1) is 13.8. The van der Waals surface area contributed by atoms with E-state index in [1.165, 1.54) is 0 Å². The molecule has 2 aliphatic heterocycles. The second kappa shape index (κ2) is 6.97. The first kappa shape index (κ1) is 16.8. The molecule has 0 radical (unpaired) electrons. The Balaban J connectivity index is 1.33. The van der Waals surface area contributed by atoms with Gasteiger partial charge >= 0.3 is 0 Å². The molecule has 0 bridgehead atoms. The van der Waals surface area contributed by atoms with E-state index in [-0.39, 0.29) is 24.3 Å². The van der Waals surface area contributed by atoms with Crippen molar-refractivity contribution in [2.75, 3.05) is 18.5 Å². The maximum Gasteiger partial charge on any atom is 0.278 e. The summed E-state index contributed by atoms with van der Waals surface area (Å²) >= 11 is 0. The molecule has 3 heterocycles. The lowest BCUT2D eigenvalue weighted by molar-refractivity contribution is -0.00171. The fourth-order valence-corrected chi connectivity index (χ4v) is 3.37. The predicted octanol–water partition coefficient (Wildman–Crippen LogP) is 2.57. The highest BCUT2D eigenvalue weighted by Gasteiger charge is 2.27. The molecule has 0 spiro atoms. The summed E-state index contributed by atoms with van der Waals surface area (Å²) in [6, 6.07) is 15.2. The van der Waals surface area contributed by atoms with Crippen LogP contribution in [0.1, 0.15) is 27.8 Å². The average Bonchev–Trinajstić information content (AvgIpc) is 3.18. The van der Waals surface area contributed by atoms with E-state index < -0.39 is 0 Å². The number of nitrogens with one attached hydrogen (secondary N) is 1. The van der Waals surface area contributed by atoms with Gasteiger partial charge in [-0.3, -0.25) is 4.79 Å². The molecule has 1 atom stereocenters. The van der Waals surface area contributed by atoms with Crippen LogP contribution in [-0.4, -0.2) is 34.1 Å². The monoisotopic (exact) mass is 378 g/mol. The molecule has 2 aliphatic rings. The number of rotatable bonds is 3. The summed E-state index contributed by atoms with van der Waals surface area (Å²) in [7, 11) is 0. The number of benzene rings is 2. The Kier molecular flexibility index (Phi) is 4.17. The van der Waals surface area contributed by atoms with Gasteiger partial charge in [-0.2, -0.15) is 0 Å². The van der Waals surface area contributed by atoms with Crippen LogP contribution in [-0.2, 0) is 17.9 Å². The molecule has 0 fully saturated rings. The fourth-order valence-electron chi connectivity index (χ4n) is 3.37. The standard InChI is InChI=1S/C20H18N4O4/c25-20(21-14-6-7-16-17(10-14)27-9-8-26-16)19-15-12-28-18(11-24(15)23-22-19)13-4-2-1-3-5-13/h1-7,10,18H,8-9,11-12H2,(H,21,25)/t18-/m0/s1. The topological polar surface area (TPSA) is 87.5 Å². The highest BCUT2D eigenvalue weighted by Crippen LogP contribution is 2.33. The van der Waals surface area contributed by atoms with Crippen molar-refractivity contribution >= 4 is 11.6 Å². The Morgan fingerprint density at radius 3 is 2.75 bits per heavy atom. The number of carbonyl (C=O) groups excluding carboxylic acids is 1. The van der Waals surface area contributed by atoms with Crippen molar-refractivity contribution < 1.29 is 19.0 Å². The van der Waals surface area contributed by atoms with Crippen LogP contribution in [0.2, 0.25) is 0 Å². The minimum Gasteiger partial charge on any atom is -0.486 e. The van der Waals surface area contributed by atoms with E-state index in [1.807, 2.05) is 30.3 Å². The quantitative estimate of drug-likeness (QED) is 0.754. The van der Waals surface area contributed by atoms with Crippen LogP contribution in [0.5, 0.6) is 11.5 Å². The zero-order chi connectivity index (χ0) is 18.9. The fraction of sp³-hybridized carbons (Fsp3) is 0.250. The predicted molar refractivity (Wildman–Crippen MR) is 99.4 cm³/mol. The molecule has 1 amide bonds. The number of ether oxygens (including phenoxy) is 3. The number of nitrogens with zero attached hydrogens (tertiary/aromatic N) is 3. The van der Waals surface area contributed by atoms with Crippen LogP contribution < -0.4 is 14.8 Å². The minimum absolute atomic E-state index is 0.107. The molecule has 28 heavy (non-hydrogen) atoms. The number of carbonyl (C=O) groups is 1. The first-order valence-corrected chi connectivity index (χ1v) is 9.08. The normalized spacial score (nSPS) is 17.6. The van der Waals surface area contributed by atoms with Crippen molar-refractivity contribution in [2.24, 2.45) is 0 Å². The number of fused-ring (bicyclic) bond motifs is 2. The summed E-state index contributed by atoms with van der Waals surface area (Å²) in [5.41, 5.74) is 2.62. The van der Waals surface area contributed by atoms with Crippen LogP contribution in [0.3, 0.4) is 0 Å². The van der Waals surface area contributed by atoms with Gasteiger partial charge in [0.05, 0.1) is 18.8 Å². The Morgan fingerprint density at radius 2 is 1.89 bits per heavy atom. The molecular weight excluding hydrogens is 360 g/mol. The van der Waals surface area contributed by atoms with Gasteiger partial charge in [0, 0.05) is 11.8 Å². The van der Waals surface area contributed by atoms with Gasteiger partial charge in [0.15, 0.2) is 17.2 Å². The lowest BCUT2D eigenvalue weighted by Gasteiger charge is -2.24. The van der Waals surface area contributed by atoms with E-state index in [1.54, 1.807) is 22.9 Å². The van der Waals surface area contributed by atoms with E-state index in [4.69, 9.17) is 14.2 Å². The van der Waals surface area contributed by atoms with Crippen molar-refractivity contribution in [3.8, 4) is 11.5 Å². The number of anilines is 1. The summed E-state index contributed by atoms with van der Waals surface area (Å²) in [4.78, 5) is 12.7. The Hall–Kier alpha value is -3.39. The molecule has 1 N–H and O–H groups in total. The van der Waals surface area contributed by atoms with E-state index >= 15 is 0 Å². The van der Waals surface area contributed by atoms with E-state index in [2.05, 4.69) is 15.6 Å². The van der Waals surface area contributed by atoms with Crippen LogP contribution >= 0.6 is 0 Å². The van der Waals surface area contributed by atoms with Crippen molar-refractivity contribution in [1.29, 1.82) is 0 Å². The molecule has 0 aliphatic carbocycles.